The van der Waals surface area contributed by atoms with Gasteiger partial charge in [-0.25, -0.2) is 9.18 Å². The predicted octanol–water partition coefficient (Wildman–Crippen LogP) is 7.10. The number of piperazine rings is 1. The first-order chi connectivity index (χ1) is 26.4. The molecule has 0 radical (unpaired) electrons. The van der Waals surface area contributed by atoms with Crippen molar-refractivity contribution in [1.29, 1.82) is 0 Å². The molecule has 1 aliphatic carbocycles. The van der Waals surface area contributed by atoms with Gasteiger partial charge in [0.05, 0.1) is 23.0 Å². The van der Waals surface area contributed by atoms with Crippen LogP contribution in [0.2, 0.25) is 0 Å². The number of fused-ring (bicyclic) bond motifs is 5. The Kier molecular flexibility index (Phi) is 8.48. The molecule has 1 spiro atoms. The number of hydrogen-bond donors (Lipinski definition) is 0. The molecule has 5 fully saturated rings. The van der Waals surface area contributed by atoms with E-state index in [2.05, 4.69) is 22.3 Å². The van der Waals surface area contributed by atoms with Crippen molar-refractivity contribution < 1.29 is 28.1 Å². The van der Waals surface area contributed by atoms with E-state index in [0.29, 0.717) is 58.6 Å². The number of pyridine rings is 1. The van der Waals surface area contributed by atoms with Gasteiger partial charge >= 0.3 is 12.1 Å². The zero-order chi connectivity index (χ0) is 38.3. The standard InChI is InChI=1S/C43H47FN6O5/c1-7-27-9-8-10-28-15-31(54-25-52-6)16-32(34(27)28)36-35(44)37-33(18-45-36)38(48-20-29-11-12-30(21-48)50(29)40(51)55-41(3,4)5)47-39(46-37)53-24-43-17-26(2)19-49(43)23-42(22-43)13-14-42/h1,8-10,15-16,18,29-30H,2,11-14,17,19-25H2,3-6H3/t29-,30+,43?. The van der Waals surface area contributed by atoms with Gasteiger partial charge in [0.25, 0.3) is 0 Å². The maximum absolute atomic E-state index is 17.4. The van der Waals surface area contributed by atoms with Gasteiger partial charge in [0.2, 0.25) is 0 Å². The molecule has 1 amide bonds. The summed E-state index contributed by atoms with van der Waals surface area (Å²) in [7, 11) is 1.54. The zero-order valence-electron chi connectivity index (χ0n) is 32.0. The number of anilines is 1. The van der Waals surface area contributed by atoms with Gasteiger partial charge < -0.3 is 23.8 Å². The molecule has 1 unspecified atom stereocenters. The van der Waals surface area contributed by atoms with Crippen molar-refractivity contribution in [3.8, 4) is 35.4 Å². The highest BCUT2D eigenvalue weighted by atomic mass is 19.1. The fourth-order valence-corrected chi connectivity index (χ4v) is 9.65. The Balaban J connectivity index is 1.14. The molecule has 12 heteroatoms. The molecule has 2 aromatic carbocycles. The second kappa shape index (κ2) is 13.1. The van der Waals surface area contributed by atoms with Crippen LogP contribution in [-0.4, -0.2) is 101 Å². The van der Waals surface area contributed by atoms with E-state index in [0.717, 1.165) is 44.2 Å². The smallest absolute Gasteiger partial charge is 0.410 e. The van der Waals surface area contributed by atoms with Crippen LogP contribution in [0.25, 0.3) is 32.9 Å². The molecule has 0 N–H and O–H groups in total. The number of nitrogens with zero attached hydrogens (tertiary/aromatic N) is 6. The molecular weight excluding hydrogens is 700 g/mol. The van der Waals surface area contributed by atoms with E-state index in [9.17, 15) is 4.79 Å². The molecule has 2 bridgehead atoms. The summed E-state index contributed by atoms with van der Waals surface area (Å²) < 4.78 is 40.8. The maximum atomic E-state index is 17.4. The summed E-state index contributed by atoms with van der Waals surface area (Å²) in [5.74, 6) is 3.15. The number of carbonyl (C=O) groups excluding carboxylic acids is 1. The maximum Gasteiger partial charge on any atom is 0.410 e. The minimum absolute atomic E-state index is 0.0151. The van der Waals surface area contributed by atoms with Crippen molar-refractivity contribution >= 4 is 33.6 Å². The first-order valence-corrected chi connectivity index (χ1v) is 19.2. The third-order valence-corrected chi connectivity index (χ3v) is 12.1. The van der Waals surface area contributed by atoms with Crippen molar-refractivity contribution in [3.63, 3.8) is 0 Å². The van der Waals surface area contributed by atoms with Crippen LogP contribution in [0.5, 0.6) is 11.8 Å². The number of methoxy groups -OCH3 is 1. The molecule has 3 atom stereocenters. The first kappa shape index (κ1) is 35.7. The molecule has 55 heavy (non-hydrogen) atoms. The minimum Gasteiger partial charge on any atom is -0.468 e. The van der Waals surface area contributed by atoms with Gasteiger partial charge in [0.1, 0.15) is 35.0 Å². The summed E-state index contributed by atoms with van der Waals surface area (Å²) in [5.41, 5.74) is 2.03. The Hall–Kier alpha value is -4.99. The van der Waals surface area contributed by atoms with E-state index in [1.54, 1.807) is 19.4 Å². The highest BCUT2D eigenvalue weighted by molar-refractivity contribution is 6.03. The molecule has 286 valence electrons. The lowest BCUT2D eigenvalue weighted by Crippen LogP contribution is -2.57. The van der Waals surface area contributed by atoms with E-state index >= 15 is 4.39 Å². The Bertz CT molecular complexity index is 2270. The van der Waals surface area contributed by atoms with Crippen LogP contribution in [0.4, 0.5) is 15.0 Å². The Morgan fingerprint density at radius 3 is 2.62 bits per heavy atom. The number of rotatable bonds is 8. The quantitative estimate of drug-likeness (QED) is 0.105. The van der Waals surface area contributed by atoms with Crippen LogP contribution in [0.1, 0.15) is 64.9 Å². The normalized spacial score (nSPS) is 24.1. The first-order valence-electron chi connectivity index (χ1n) is 19.2. The molecular formula is C43H47FN6O5. The number of carbonyl (C=O) groups is 1. The number of terminal acetylenes is 1. The molecule has 2 aromatic heterocycles. The van der Waals surface area contributed by atoms with E-state index in [-0.39, 0.29) is 47.7 Å². The third kappa shape index (κ3) is 6.31. The zero-order valence-corrected chi connectivity index (χ0v) is 32.0. The summed E-state index contributed by atoms with van der Waals surface area (Å²) in [6.07, 6.45) is 13.3. The number of hydrogen-bond acceptors (Lipinski definition) is 10. The number of aromatic nitrogens is 3. The average Bonchev–Trinajstić information content (AvgIpc) is 3.64. The van der Waals surface area contributed by atoms with Gasteiger partial charge in [0.15, 0.2) is 12.6 Å². The summed E-state index contributed by atoms with van der Waals surface area (Å²) in [4.78, 5) is 34.4. The number of amides is 1. The van der Waals surface area contributed by atoms with Gasteiger partial charge in [-0.05, 0) is 88.3 Å². The molecule has 4 saturated heterocycles. The van der Waals surface area contributed by atoms with E-state index in [1.165, 1.54) is 18.4 Å². The van der Waals surface area contributed by atoms with E-state index in [4.69, 9.17) is 40.3 Å². The van der Waals surface area contributed by atoms with Crippen molar-refractivity contribution in [2.45, 2.75) is 82.5 Å². The largest absolute Gasteiger partial charge is 0.468 e. The van der Waals surface area contributed by atoms with Gasteiger partial charge in [-0.3, -0.25) is 14.8 Å². The second-order valence-corrected chi connectivity index (χ2v) is 17.2. The topological polar surface area (TPSA) is 102 Å². The number of benzene rings is 2. The lowest BCUT2D eigenvalue weighted by molar-refractivity contribution is 0.0122. The minimum atomic E-state index is -0.620. The van der Waals surface area contributed by atoms with Crippen molar-refractivity contribution in [2.24, 2.45) is 5.41 Å². The van der Waals surface area contributed by atoms with Crippen molar-refractivity contribution in [1.82, 2.24) is 24.8 Å². The summed E-state index contributed by atoms with van der Waals surface area (Å²) in [6, 6.07) is 9.11. The fourth-order valence-electron chi connectivity index (χ4n) is 9.65. The van der Waals surface area contributed by atoms with E-state index in [1.807, 2.05) is 49.9 Å². The Morgan fingerprint density at radius 2 is 1.91 bits per heavy atom. The van der Waals surface area contributed by atoms with Gasteiger partial charge in [-0.1, -0.05) is 30.2 Å². The highest BCUT2D eigenvalue weighted by Gasteiger charge is 2.61. The molecule has 4 aromatic rings. The molecule has 9 rings (SSSR count). The summed E-state index contributed by atoms with van der Waals surface area (Å²) in [6.45, 7) is 13.3. The third-order valence-electron chi connectivity index (χ3n) is 12.1. The van der Waals surface area contributed by atoms with Crippen LogP contribution in [0.15, 0.2) is 48.7 Å². The van der Waals surface area contributed by atoms with Crippen molar-refractivity contribution in [2.75, 3.05) is 51.6 Å². The number of ether oxygens (including phenoxy) is 4. The molecule has 4 aliphatic heterocycles. The van der Waals surface area contributed by atoms with Crippen LogP contribution in [0.3, 0.4) is 0 Å². The van der Waals surface area contributed by atoms with Crippen LogP contribution < -0.4 is 14.4 Å². The lowest BCUT2D eigenvalue weighted by atomic mass is 9.88. The fraction of sp³-hybridized carbons (Fsp3) is 0.488. The predicted molar refractivity (Wildman–Crippen MR) is 208 cm³/mol. The van der Waals surface area contributed by atoms with Crippen molar-refractivity contribution in [3.05, 3.63) is 60.1 Å². The second-order valence-electron chi connectivity index (χ2n) is 17.2. The SMILES string of the molecule is C#Cc1cccc2cc(OCOC)cc(-c3ncc4c(N5C[C@H]6CC[C@@H](C5)N6C(=O)OC(C)(C)C)nc(OCC56CC(=C)CN5CC5(CC5)C6)nc4c3F)c12. The Morgan fingerprint density at radius 1 is 1.13 bits per heavy atom. The highest BCUT2D eigenvalue weighted by Crippen LogP contribution is 2.61. The molecule has 6 heterocycles. The van der Waals surface area contributed by atoms with E-state index < -0.39 is 11.4 Å². The lowest BCUT2D eigenvalue weighted by Gasteiger charge is -2.42. The molecule has 5 aliphatic rings. The molecule has 1 saturated carbocycles. The Labute approximate surface area is 320 Å². The monoisotopic (exact) mass is 746 g/mol. The summed E-state index contributed by atoms with van der Waals surface area (Å²) in [5, 5.41) is 1.91. The van der Waals surface area contributed by atoms with Crippen LogP contribution in [-0.2, 0) is 9.47 Å². The van der Waals surface area contributed by atoms with Gasteiger partial charge in [-0.2, -0.15) is 9.97 Å². The average molecular weight is 747 g/mol. The van der Waals surface area contributed by atoms with Gasteiger partial charge in [-0.15, -0.1) is 6.42 Å². The molecule has 11 nitrogen and oxygen atoms in total. The van der Waals surface area contributed by atoms with Crippen LogP contribution >= 0.6 is 0 Å². The van der Waals surface area contributed by atoms with Crippen LogP contribution in [0, 0.1) is 23.6 Å². The number of halogens is 1. The summed E-state index contributed by atoms with van der Waals surface area (Å²) >= 11 is 0. The van der Waals surface area contributed by atoms with Gasteiger partial charge in [0, 0.05) is 56.0 Å².